The Morgan fingerprint density at radius 2 is 1.76 bits per heavy atom. The molecule has 0 saturated heterocycles. The van der Waals surface area contributed by atoms with Crippen LogP contribution >= 0.6 is 0 Å². The average Bonchev–Trinajstić information content (AvgIpc) is 2.47. The maximum atomic E-state index is 9.39. The number of nitrogens with zero attached hydrogens (tertiary/aromatic N) is 2. The van der Waals surface area contributed by atoms with Gasteiger partial charge in [-0.15, -0.1) is 0 Å². The molecule has 2 aromatic rings. The molecule has 0 spiro atoms. The number of pyridine rings is 1. The third-order valence-corrected chi connectivity index (χ3v) is 3.70. The molecular weight excluding hydrogens is 258 g/mol. The molecule has 0 atom stereocenters. The lowest BCUT2D eigenvalue weighted by molar-refractivity contribution is 1.08. The minimum absolute atomic E-state index is 0.619. The molecule has 0 bridgehead atoms. The number of para-hydroxylation sites is 1. The number of rotatable bonds is 4. The van der Waals surface area contributed by atoms with Gasteiger partial charge in [-0.3, -0.25) is 4.98 Å². The summed E-state index contributed by atoms with van der Waals surface area (Å²) >= 11 is 0. The van der Waals surface area contributed by atoms with E-state index in [4.69, 9.17) is 0 Å². The van der Waals surface area contributed by atoms with Crippen LogP contribution in [0.3, 0.4) is 0 Å². The zero-order valence-electron chi connectivity index (χ0n) is 13.1. The van der Waals surface area contributed by atoms with Crippen molar-refractivity contribution in [3.05, 3.63) is 52.3 Å². The first-order valence-corrected chi connectivity index (χ1v) is 7.36. The van der Waals surface area contributed by atoms with Crippen molar-refractivity contribution in [2.45, 2.75) is 40.5 Å². The highest BCUT2D eigenvalue weighted by atomic mass is 14.9. The Morgan fingerprint density at radius 3 is 2.29 bits per heavy atom. The smallest absolute Gasteiger partial charge is 0.103 e. The van der Waals surface area contributed by atoms with Crippen molar-refractivity contribution in [1.82, 2.24) is 4.98 Å². The number of hydrogen-bond donors (Lipinski definition) is 1. The number of benzene rings is 1. The molecule has 0 aliphatic heterocycles. The van der Waals surface area contributed by atoms with Crippen LogP contribution in [0, 0.1) is 25.2 Å². The number of aryl methyl sites for hydroxylation is 4. The monoisotopic (exact) mass is 279 g/mol. The van der Waals surface area contributed by atoms with E-state index in [0.717, 1.165) is 35.6 Å². The maximum Gasteiger partial charge on any atom is 0.103 e. The van der Waals surface area contributed by atoms with Crippen molar-refractivity contribution in [2.75, 3.05) is 5.32 Å². The lowest BCUT2D eigenvalue weighted by Gasteiger charge is -2.17. The van der Waals surface area contributed by atoms with Crippen molar-refractivity contribution in [3.63, 3.8) is 0 Å². The molecule has 1 N–H and O–H groups in total. The van der Waals surface area contributed by atoms with Gasteiger partial charge in [-0.05, 0) is 43.9 Å². The highest BCUT2D eigenvalue weighted by Crippen LogP contribution is 2.29. The van der Waals surface area contributed by atoms with Gasteiger partial charge in [0, 0.05) is 11.4 Å². The van der Waals surface area contributed by atoms with E-state index in [9.17, 15) is 5.26 Å². The van der Waals surface area contributed by atoms with Gasteiger partial charge < -0.3 is 5.32 Å². The van der Waals surface area contributed by atoms with Gasteiger partial charge in [0.1, 0.15) is 6.07 Å². The lowest BCUT2D eigenvalue weighted by Crippen LogP contribution is -2.04. The van der Waals surface area contributed by atoms with Crippen LogP contribution < -0.4 is 5.32 Å². The summed E-state index contributed by atoms with van der Waals surface area (Å²) in [6.45, 7) is 8.12. The molecule has 0 aliphatic carbocycles. The first-order valence-electron chi connectivity index (χ1n) is 7.36. The Hall–Kier alpha value is -2.34. The molecule has 0 saturated carbocycles. The first kappa shape index (κ1) is 15.1. The number of aromatic nitrogens is 1. The van der Waals surface area contributed by atoms with Crippen LogP contribution in [0.25, 0.3) is 0 Å². The van der Waals surface area contributed by atoms with Crippen LogP contribution in [0.2, 0.25) is 0 Å². The van der Waals surface area contributed by atoms with Crippen LogP contribution in [-0.2, 0) is 12.8 Å². The first-order chi connectivity index (χ1) is 10.1. The summed E-state index contributed by atoms with van der Waals surface area (Å²) in [4.78, 5) is 4.37. The fraction of sp³-hybridized carbons (Fsp3) is 0.333. The average molecular weight is 279 g/mol. The Labute approximate surface area is 126 Å². The van der Waals surface area contributed by atoms with Gasteiger partial charge in [0.15, 0.2) is 0 Å². The number of anilines is 2. The summed E-state index contributed by atoms with van der Waals surface area (Å²) < 4.78 is 0. The van der Waals surface area contributed by atoms with E-state index in [1.807, 2.05) is 19.9 Å². The van der Waals surface area contributed by atoms with Gasteiger partial charge in [-0.25, -0.2) is 0 Å². The molecule has 0 radical (unpaired) electrons. The molecule has 3 nitrogen and oxygen atoms in total. The molecule has 1 aromatic carbocycles. The van der Waals surface area contributed by atoms with Crippen LogP contribution in [-0.4, -0.2) is 4.98 Å². The highest BCUT2D eigenvalue weighted by molar-refractivity contribution is 5.72. The summed E-state index contributed by atoms with van der Waals surface area (Å²) in [7, 11) is 0. The second kappa shape index (κ2) is 6.41. The highest BCUT2D eigenvalue weighted by Gasteiger charge is 2.12. The minimum atomic E-state index is 0.619. The van der Waals surface area contributed by atoms with E-state index in [0.29, 0.717) is 5.56 Å². The molecule has 3 heteroatoms. The van der Waals surface area contributed by atoms with Gasteiger partial charge in [-0.2, -0.15) is 5.26 Å². The zero-order chi connectivity index (χ0) is 15.4. The van der Waals surface area contributed by atoms with Crippen LogP contribution in [0.1, 0.15) is 41.9 Å². The second-order valence-electron chi connectivity index (χ2n) is 5.17. The molecule has 0 unspecified atom stereocenters. The van der Waals surface area contributed by atoms with E-state index >= 15 is 0 Å². The standard InChI is InChI=1S/C18H21N3/c1-5-14-8-7-9-15(6-2)18(14)21-17-10-12(3)20-13(4)16(17)11-19/h7-10H,5-6H2,1-4H3,(H,20,21). The number of hydrogen-bond acceptors (Lipinski definition) is 3. The molecule has 0 aliphatic rings. The zero-order valence-corrected chi connectivity index (χ0v) is 13.1. The van der Waals surface area contributed by atoms with Gasteiger partial charge in [0.2, 0.25) is 0 Å². The normalized spacial score (nSPS) is 10.2. The number of nitriles is 1. The fourth-order valence-electron chi connectivity index (χ4n) is 2.61. The van der Waals surface area contributed by atoms with E-state index in [1.54, 1.807) is 0 Å². The quantitative estimate of drug-likeness (QED) is 0.900. The van der Waals surface area contributed by atoms with Gasteiger partial charge in [-0.1, -0.05) is 32.0 Å². The molecule has 1 aromatic heterocycles. The SMILES string of the molecule is CCc1cccc(CC)c1Nc1cc(C)nc(C)c1C#N. The Balaban J connectivity index is 2.55. The summed E-state index contributed by atoms with van der Waals surface area (Å²) in [5.74, 6) is 0. The maximum absolute atomic E-state index is 9.39. The molecule has 0 amide bonds. The van der Waals surface area contributed by atoms with Crippen molar-refractivity contribution in [2.24, 2.45) is 0 Å². The van der Waals surface area contributed by atoms with Crippen LogP contribution in [0.15, 0.2) is 24.3 Å². The minimum Gasteiger partial charge on any atom is -0.354 e. The molecule has 0 fully saturated rings. The molecule has 1 heterocycles. The molecule has 2 rings (SSSR count). The predicted octanol–water partition coefficient (Wildman–Crippen LogP) is 4.44. The summed E-state index contributed by atoms with van der Waals surface area (Å²) in [6, 6.07) is 10.6. The third kappa shape index (κ3) is 3.05. The van der Waals surface area contributed by atoms with E-state index in [2.05, 4.69) is 48.4 Å². The second-order valence-corrected chi connectivity index (χ2v) is 5.17. The van der Waals surface area contributed by atoms with Gasteiger partial charge >= 0.3 is 0 Å². The van der Waals surface area contributed by atoms with E-state index < -0.39 is 0 Å². The number of nitrogens with one attached hydrogen (secondary N) is 1. The Kier molecular flexibility index (Phi) is 4.59. The van der Waals surface area contributed by atoms with Crippen LogP contribution in [0.5, 0.6) is 0 Å². The predicted molar refractivity (Wildman–Crippen MR) is 86.9 cm³/mol. The Bertz CT molecular complexity index is 674. The van der Waals surface area contributed by atoms with Crippen LogP contribution in [0.4, 0.5) is 11.4 Å². The van der Waals surface area contributed by atoms with Crippen molar-refractivity contribution < 1.29 is 0 Å². The fourth-order valence-corrected chi connectivity index (χ4v) is 2.61. The third-order valence-electron chi connectivity index (χ3n) is 3.70. The molecule has 21 heavy (non-hydrogen) atoms. The largest absolute Gasteiger partial charge is 0.354 e. The Morgan fingerprint density at radius 1 is 1.14 bits per heavy atom. The van der Waals surface area contributed by atoms with E-state index in [-0.39, 0.29) is 0 Å². The van der Waals surface area contributed by atoms with Crippen molar-refractivity contribution >= 4 is 11.4 Å². The summed E-state index contributed by atoms with van der Waals surface area (Å²) in [6.07, 6.45) is 1.92. The van der Waals surface area contributed by atoms with Crippen molar-refractivity contribution in [3.8, 4) is 6.07 Å². The molecule has 108 valence electrons. The lowest BCUT2D eigenvalue weighted by atomic mass is 10.0. The summed E-state index contributed by atoms with van der Waals surface area (Å²) in [5, 5.41) is 12.9. The van der Waals surface area contributed by atoms with E-state index in [1.165, 1.54) is 11.1 Å². The molecular formula is C18H21N3. The van der Waals surface area contributed by atoms with Gasteiger partial charge in [0.05, 0.1) is 16.9 Å². The summed E-state index contributed by atoms with van der Waals surface area (Å²) in [5.41, 5.74) is 6.82. The topological polar surface area (TPSA) is 48.7 Å². The van der Waals surface area contributed by atoms with Gasteiger partial charge in [0.25, 0.3) is 0 Å². The van der Waals surface area contributed by atoms with Crippen molar-refractivity contribution in [1.29, 1.82) is 5.26 Å².